The van der Waals surface area contributed by atoms with E-state index in [0.29, 0.717) is 6.42 Å². The average Bonchev–Trinajstić information content (AvgIpc) is 2.90. The molecule has 0 radical (unpaired) electrons. The standard InChI is InChI=1S/C33H61NO6/c1-5-9-10-11-12-13-14-15-16-17-18-19-20-21-22-23-24-25-26-27-34(28(6-2)31(35)36,29(7-3)32(37)38)30(8-4)33(39)40/h19-20,28-30H,5-18,21-27H2,1-4H3,(H2-,35,36,37,38,39,40)/p+1/b20-19-. The minimum absolute atomic E-state index is 0.189. The van der Waals surface area contributed by atoms with Gasteiger partial charge in [0, 0.05) is 19.3 Å². The van der Waals surface area contributed by atoms with Crippen molar-refractivity contribution in [3.05, 3.63) is 12.2 Å². The first-order chi connectivity index (χ1) is 19.2. The van der Waals surface area contributed by atoms with Gasteiger partial charge < -0.3 is 15.3 Å². The van der Waals surface area contributed by atoms with Crippen molar-refractivity contribution >= 4 is 17.9 Å². The summed E-state index contributed by atoms with van der Waals surface area (Å²) >= 11 is 0. The topological polar surface area (TPSA) is 112 Å². The van der Waals surface area contributed by atoms with Crippen LogP contribution in [-0.2, 0) is 14.4 Å². The Hall–Kier alpha value is -1.89. The smallest absolute Gasteiger partial charge is 0.362 e. The zero-order chi connectivity index (χ0) is 30.2. The van der Waals surface area contributed by atoms with E-state index in [4.69, 9.17) is 0 Å². The van der Waals surface area contributed by atoms with Crippen LogP contribution in [0.1, 0.15) is 156 Å². The molecule has 7 heteroatoms. The molecular formula is C33H62NO6+. The number of carboxylic acids is 3. The van der Waals surface area contributed by atoms with Gasteiger partial charge in [0.2, 0.25) is 0 Å². The lowest BCUT2D eigenvalue weighted by Crippen LogP contribution is -2.72. The molecule has 0 aliphatic rings. The van der Waals surface area contributed by atoms with E-state index in [1.807, 2.05) is 0 Å². The number of unbranched alkanes of at least 4 members (excludes halogenated alkanes) is 15. The van der Waals surface area contributed by atoms with E-state index in [0.717, 1.165) is 38.5 Å². The second-order valence-electron chi connectivity index (χ2n) is 11.5. The molecule has 0 spiro atoms. The Morgan fingerprint density at radius 3 is 1.10 bits per heavy atom. The maximum Gasteiger partial charge on any atom is 0.362 e. The minimum atomic E-state index is -1.12. The lowest BCUT2D eigenvalue weighted by Gasteiger charge is -2.49. The van der Waals surface area contributed by atoms with Crippen LogP contribution in [0.2, 0.25) is 0 Å². The highest BCUT2D eigenvalue weighted by Crippen LogP contribution is 2.32. The summed E-state index contributed by atoms with van der Waals surface area (Å²) in [4.78, 5) is 36.8. The van der Waals surface area contributed by atoms with Crippen molar-refractivity contribution in [1.82, 2.24) is 0 Å². The quantitative estimate of drug-likeness (QED) is 0.0495. The van der Waals surface area contributed by atoms with Gasteiger partial charge in [-0.3, -0.25) is 4.48 Å². The van der Waals surface area contributed by atoms with Crippen molar-refractivity contribution in [3.63, 3.8) is 0 Å². The number of rotatable bonds is 28. The van der Waals surface area contributed by atoms with Gasteiger partial charge in [-0.25, -0.2) is 14.4 Å². The second kappa shape index (κ2) is 23.8. The molecule has 0 fully saturated rings. The van der Waals surface area contributed by atoms with Gasteiger partial charge >= 0.3 is 17.9 Å². The van der Waals surface area contributed by atoms with Gasteiger partial charge in [0.1, 0.15) is 0 Å². The highest BCUT2D eigenvalue weighted by atomic mass is 16.4. The van der Waals surface area contributed by atoms with Gasteiger partial charge in [0.15, 0.2) is 18.1 Å². The van der Waals surface area contributed by atoms with Crippen LogP contribution in [0.25, 0.3) is 0 Å². The third-order valence-corrected chi connectivity index (χ3v) is 8.56. The normalized spacial score (nSPS) is 15.5. The molecule has 0 aromatic heterocycles. The number of quaternary nitrogens is 1. The van der Waals surface area contributed by atoms with Crippen LogP contribution in [0.3, 0.4) is 0 Å². The predicted octanol–water partition coefficient (Wildman–Crippen LogP) is 8.60. The summed E-state index contributed by atoms with van der Waals surface area (Å²) in [7, 11) is 0. The summed E-state index contributed by atoms with van der Waals surface area (Å²) in [5, 5.41) is 30.0. The maximum atomic E-state index is 12.3. The monoisotopic (exact) mass is 568 g/mol. The van der Waals surface area contributed by atoms with Crippen LogP contribution in [0.4, 0.5) is 0 Å². The number of nitrogens with zero attached hydrogens (tertiary/aromatic N) is 1. The average molecular weight is 569 g/mol. The molecule has 3 unspecified atom stereocenters. The Labute approximate surface area is 245 Å². The molecule has 3 atom stereocenters. The number of carbonyl (C=O) groups is 3. The molecule has 234 valence electrons. The third-order valence-electron chi connectivity index (χ3n) is 8.56. The Balaban J connectivity index is 4.55. The SMILES string of the molecule is CCCCCCCCCCCC/C=C\CCCCCCC[N+](C(CC)C(=O)O)(C(CC)C(=O)O)C(CC)C(=O)O. The van der Waals surface area contributed by atoms with Gasteiger partial charge in [-0.2, -0.15) is 0 Å². The fourth-order valence-electron chi connectivity index (χ4n) is 6.44. The first kappa shape index (κ1) is 38.1. The van der Waals surface area contributed by atoms with Crippen LogP contribution in [0.15, 0.2) is 12.2 Å². The van der Waals surface area contributed by atoms with Crippen molar-refractivity contribution in [1.29, 1.82) is 0 Å². The Morgan fingerprint density at radius 2 is 0.800 bits per heavy atom. The lowest BCUT2D eigenvalue weighted by molar-refractivity contribution is -0.973. The molecule has 0 rings (SSSR count). The van der Waals surface area contributed by atoms with Gasteiger partial charge in [-0.15, -0.1) is 0 Å². The van der Waals surface area contributed by atoms with Gasteiger partial charge in [0.05, 0.1) is 6.54 Å². The van der Waals surface area contributed by atoms with Crippen molar-refractivity contribution in [2.24, 2.45) is 0 Å². The molecule has 0 saturated carbocycles. The van der Waals surface area contributed by atoms with Gasteiger partial charge in [-0.05, 0) is 38.5 Å². The van der Waals surface area contributed by atoms with Crippen molar-refractivity contribution in [2.45, 2.75) is 174 Å². The number of allylic oxidation sites excluding steroid dienone is 2. The van der Waals surface area contributed by atoms with Crippen molar-refractivity contribution in [3.8, 4) is 0 Å². The van der Waals surface area contributed by atoms with E-state index in [1.54, 1.807) is 20.8 Å². The number of hydrogen-bond donors (Lipinski definition) is 3. The molecular weight excluding hydrogens is 506 g/mol. The maximum absolute atomic E-state index is 12.3. The first-order valence-corrected chi connectivity index (χ1v) is 16.4. The van der Waals surface area contributed by atoms with Gasteiger partial charge in [0.25, 0.3) is 0 Å². The van der Waals surface area contributed by atoms with E-state index >= 15 is 0 Å². The second-order valence-corrected chi connectivity index (χ2v) is 11.5. The Morgan fingerprint density at radius 1 is 0.500 bits per heavy atom. The van der Waals surface area contributed by atoms with E-state index in [2.05, 4.69) is 19.1 Å². The van der Waals surface area contributed by atoms with Crippen LogP contribution in [0, 0.1) is 0 Å². The third kappa shape index (κ3) is 14.1. The molecule has 0 aromatic rings. The van der Waals surface area contributed by atoms with E-state index in [-0.39, 0.29) is 25.8 Å². The summed E-state index contributed by atoms with van der Waals surface area (Å²) < 4.78 is -0.412. The zero-order valence-electron chi connectivity index (χ0n) is 26.2. The molecule has 0 aliphatic heterocycles. The Bertz CT molecular complexity index is 652. The summed E-state index contributed by atoms with van der Waals surface area (Å²) in [5.74, 6) is -3.36. The van der Waals surface area contributed by atoms with E-state index in [1.165, 1.54) is 64.2 Å². The fraction of sp³-hybridized carbons (Fsp3) is 0.848. The van der Waals surface area contributed by atoms with Gasteiger partial charge in [-0.1, -0.05) is 110 Å². The fourth-order valence-corrected chi connectivity index (χ4v) is 6.44. The van der Waals surface area contributed by atoms with Crippen LogP contribution in [0.5, 0.6) is 0 Å². The largest absolute Gasteiger partial charge is 0.477 e. The Kier molecular flexibility index (Phi) is 22.7. The van der Waals surface area contributed by atoms with E-state index in [9.17, 15) is 29.7 Å². The molecule has 7 nitrogen and oxygen atoms in total. The number of hydrogen-bond acceptors (Lipinski definition) is 3. The zero-order valence-corrected chi connectivity index (χ0v) is 26.2. The van der Waals surface area contributed by atoms with Crippen molar-refractivity contribution < 1.29 is 34.2 Å². The minimum Gasteiger partial charge on any atom is -0.477 e. The van der Waals surface area contributed by atoms with Crippen LogP contribution < -0.4 is 0 Å². The molecule has 0 saturated heterocycles. The number of carboxylic acid groups (broad SMARTS) is 3. The molecule has 0 amide bonds. The molecule has 40 heavy (non-hydrogen) atoms. The molecule has 0 bridgehead atoms. The summed E-state index contributed by atoms with van der Waals surface area (Å²) in [6.45, 7) is 7.63. The van der Waals surface area contributed by atoms with Crippen LogP contribution in [-0.4, -0.2) is 62.4 Å². The predicted molar refractivity (Wildman–Crippen MR) is 164 cm³/mol. The first-order valence-electron chi connectivity index (χ1n) is 16.4. The molecule has 0 heterocycles. The number of aliphatic carboxylic acids is 3. The highest BCUT2D eigenvalue weighted by Gasteiger charge is 2.55. The highest BCUT2D eigenvalue weighted by molar-refractivity contribution is 5.78. The van der Waals surface area contributed by atoms with Crippen LogP contribution >= 0.6 is 0 Å². The molecule has 3 N–H and O–H groups in total. The molecule has 0 aromatic carbocycles. The summed E-state index contributed by atoms with van der Waals surface area (Å²) in [6, 6.07) is -3.20. The molecule has 0 aliphatic carbocycles. The lowest BCUT2D eigenvalue weighted by atomic mass is 9.94. The summed E-state index contributed by atoms with van der Waals surface area (Å²) in [6.07, 6.45) is 25.5. The summed E-state index contributed by atoms with van der Waals surface area (Å²) in [5.41, 5.74) is 0. The van der Waals surface area contributed by atoms with E-state index < -0.39 is 40.5 Å². The van der Waals surface area contributed by atoms with Crippen molar-refractivity contribution in [2.75, 3.05) is 6.54 Å².